The molecule has 1 aliphatic carbocycles. The summed E-state index contributed by atoms with van der Waals surface area (Å²) in [5, 5.41) is 4.71. The molecule has 0 unspecified atom stereocenters. The molecular weight excluding hydrogens is 286 g/mol. The van der Waals surface area contributed by atoms with Gasteiger partial charge in [-0.05, 0) is 29.2 Å². The number of hydrogen-bond acceptors (Lipinski definition) is 2. The smallest absolute Gasteiger partial charge is 0.255 e. The van der Waals surface area contributed by atoms with Gasteiger partial charge in [0.05, 0.1) is 5.70 Å². The maximum absolute atomic E-state index is 12.7. The predicted molar refractivity (Wildman–Crippen MR) is 90.2 cm³/mol. The predicted octanol–water partition coefficient (Wildman–Crippen LogP) is 3.81. The molecule has 3 aromatic rings. The third kappa shape index (κ3) is 2.23. The molecule has 0 saturated heterocycles. The topological polar surface area (TPSA) is 46.2 Å². The van der Waals surface area contributed by atoms with Crippen LogP contribution in [0.2, 0.25) is 0 Å². The standard InChI is InChI=1S/C20H13NO2/c22-19-16-11-5-9-13-8-4-10-15(18(13)16)12-17(19)21-20(23)14-6-2-1-3-7-14/h1-12H,(H,21,23). The summed E-state index contributed by atoms with van der Waals surface area (Å²) in [5.41, 5.74) is 2.41. The van der Waals surface area contributed by atoms with Crippen molar-refractivity contribution in [3.05, 3.63) is 89.1 Å². The number of Topliss-reactive ketones (excluding diaryl/α,β-unsaturated/α-hetero) is 1. The van der Waals surface area contributed by atoms with Gasteiger partial charge in [0.15, 0.2) is 0 Å². The van der Waals surface area contributed by atoms with Gasteiger partial charge in [-0.3, -0.25) is 9.59 Å². The van der Waals surface area contributed by atoms with Gasteiger partial charge >= 0.3 is 0 Å². The van der Waals surface area contributed by atoms with Gasteiger partial charge < -0.3 is 5.32 Å². The monoisotopic (exact) mass is 299 g/mol. The fraction of sp³-hybridized carbons (Fsp3) is 0. The van der Waals surface area contributed by atoms with Gasteiger partial charge in [0, 0.05) is 16.5 Å². The zero-order chi connectivity index (χ0) is 15.8. The molecular formula is C20H13NO2. The van der Waals surface area contributed by atoms with Crippen LogP contribution in [0.5, 0.6) is 0 Å². The lowest BCUT2D eigenvalue weighted by Gasteiger charge is -2.17. The van der Waals surface area contributed by atoms with E-state index in [2.05, 4.69) is 5.32 Å². The summed E-state index contributed by atoms with van der Waals surface area (Å²) >= 11 is 0. The maximum Gasteiger partial charge on any atom is 0.255 e. The summed E-state index contributed by atoms with van der Waals surface area (Å²) in [7, 11) is 0. The van der Waals surface area contributed by atoms with Crippen LogP contribution in [0, 0.1) is 0 Å². The Morgan fingerprint density at radius 2 is 1.57 bits per heavy atom. The Labute approximate surface area is 133 Å². The van der Waals surface area contributed by atoms with Crippen LogP contribution in [-0.4, -0.2) is 11.7 Å². The molecule has 3 nitrogen and oxygen atoms in total. The number of ketones is 1. The lowest BCUT2D eigenvalue weighted by Crippen LogP contribution is -2.28. The lowest BCUT2D eigenvalue weighted by molar-refractivity contribution is 0.0934. The van der Waals surface area contributed by atoms with Gasteiger partial charge in [-0.1, -0.05) is 54.6 Å². The Hall–Kier alpha value is -3.20. The Balaban J connectivity index is 1.76. The van der Waals surface area contributed by atoms with Crippen LogP contribution in [0.1, 0.15) is 26.3 Å². The van der Waals surface area contributed by atoms with E-state index < -0.39 is 0 Å². The van der Waals surface area contributed by atoms with Crippen LogP contribution < -0.4 is 5.32 Å². The third-order valence-corrected chi connectivity index (χ3v) is 4.01. The molecule has 0 saturated carbocycles. The minimum absolute atomic E-state index is 0.154. The largest absolute Gasteiger partial charge is 0.319 e. The molecule has 1 amide bonds. The molecule has 0 bridgehead atoms. The van der Waals surface area contributed by atoms with Crippen molar-refractivity contribution in [2.75, 3.05) is 0 Å². The zero-order valence-electron chi connectivity index (χ0n) is 12.2. The molecule has 0 heterocycles. The van der Waals surface area contributed by atoms with Gasteiger partial charge in [0.1, 0.15) is 0 Å². The normalized spacial score (nSPS) is 12.9. The molecule has 3 aromatic carbocycles. The average Bonchev–Trinajstić information content (AvgIpc) is 2.60. The molecule has 0 atom stereocenters. The van der Waals surface area contributed by atoms with Crippen molar-refractivity contribution >= 4 is 28.5 Å². The van der Waals surface area contributed by atoms with Crippen LogP contribution >= 0.6 is 0 Å². The summed E-state index contributed by atoms with van der Waals surface area (Å²) in [5.74, 6) is -0.435. The number of nitrogens with one attached hydrogen (secondary N) is 1. The molecule has 0 spiro atoms. The van der Waals surface area contributed by atoms with Crippen molar-refractivity contribution in [1.29, 1.82) is 0 Å². The molecule has 0 radical (unpaired) electrons. The first-order valence-corrected chi connectivity index (χ1v) is 7.38. The van der Waals surface area contributed by atoms with Crippen LogP contribution in [-0.2, 0) is 0 Å². The van der Waals surface area contributed by atoms with E-state index in [-0.39, 0.29) is 11.7 Å². The highest BCUT2D eigenvalue weighted by Gasteiger charge is 2.23. The van der Waals surface area contributed by atoms with Gasteiger partial charge in [-0.25, -0.2) is 0 Å². The number of amides is 1. The maximum atomic E-state index is 12.7. The van der Waals surface area contributed by atoms with Crippen molar-refractivity contribution in [1.82, 2.24) is 5.32 Å². The fourth-order valence-electron chi connectivity index (χ4n) is 2.92. The zero-order valence-corrected chi connectivity index (χ0v) is 12.2. The Morgan fingerprint density at radius 1 is 0.826 bits per heavy atom. The van der Waals surface area contributed by atoms with E-state index in [1.54, 1.807) is 36.4 Å². The highest BCUT2D eigenvalue weighted by molar-refractivity contribution is 6.24. The molecule has 110 valence electrons. The molecule has 0 aromatic heterocycles. The van der Waals surface area contributed by atoms with E-state index in [9.17, 15) is 9.59 Å². The van der Waals surface area contributed by atoms with E-state index in [1.165, 1.54) is 0 Å². The van der Waals surface area contributed by atoms with Gasteiger partial charge in [-0.2, -0.15) is 0 Å². The summed E-state index contributed by atoms with van der Waals surface area (Å²) in [6.45, 7) is 0. The third-order valence-electron chi connectivity index (χ3n) is 4.01. The fourth-order valence-corrected chi connectivity index (χ4v) is 2.92. The first-order chi connectivity index (χ1) is 11.2. The van der Waals surface area contributed by atoms with Crippen LogP contribution in [0.3, 0.4) is 0 Å². The lowest BCUT2D eigenvalue weighted by atomic mass is 9.90. The SMILES string of the molecule is O=C(NC1=Cc2cccc3cccc(c23)C1=O)c1ccccc1. The molecule has 1 N–H and O–H groups in total. The summed E-state index contributed by atoms with van der Waals surface area (Å²) in [6, 6.07) is 20.4. The summed E-state index contributed by atoms with van der Waals surface area (Å²) in [6.07, 6.45) is 1.75. The minimum atomic E-state index is -0.281. The quantitative estimate of drug-likeness (QED) is 0.782. The number of carbonyl (C=O) groups is 2. The average molecular weight is 299 g/mol. The molecule has 3 heteroatoms. The Bertz CT molecular complexity index is 966. The second-order valence-electron chi connectivity index (χ2n) is 5.46. The summed E-state index contributed by atoms with van der Waals surface area (Å²) in [4.78, 5) is 25.0. The second kappa shape index (κ2) is 5.21. The van der Waals surface area contributed by atoms with E-state index >= 15 is 0 Å². The second-order valence-corrected chi connectivity index (χ2v) is 5.46. The number of hydrogen-bond donors (Lipinski definition) is 1. The summed E-state index contributed by atoms with van der Waals surface area (Å²) < 4.78 is 0. The van der Waals surface area contributed by atoms with Gasteiger partial charge in [0.2, 0.25) is 5.78 Å². The molecule has 4 rings (SSSR count). The van der Waals surface area contributed by atoms with E-state index in [4.69, 9.17) is 0 Å². The van der Waals surface area contributed by atoms with Crippen molar-refractivity contribution in [3.8, 4) is 0 Å². The molecule has 23 heavy (non-hydrogen) atoms. The van der Waals surface area contributed by atoms with E-state index in [0.29, 0.717) is 16.8 Å². The van der Waals surface area contributed by atoms with Crippen molar-refractivity contribution in [2.45, 2.75) is 0 Å². The highest BCUT2D eigenvalue weighted by Crippen LogP contribution is 2.30. The highest BCUT2D eigenvalue weighted by atomic mass is 16.2. The van der Waals surface area contributed by atoms with Crippen molar-refractivity contribution in [2.24, 2.45) is 0 Å². The minimum Gasteiger partial charge on any atom is -0.319 e. The molecule has 0 fully saturated rings. The van der Waals surface area contributed by atoms with Gasteiger partial charge in [0.25, 0.3) is 5.91 Å². The molecule has 1 aliphatic rings. The number of allylic oxidation sites excluding steroid dienone is 1. The Kier molecular flexibility index (Phi) is 3.05. The Morgan fingerprint density at radius 3 is 2.35 bits per heavy atom. The first-order valence-electron chi connectivity index (χ1n) is 7.38. The van der Waals surface area contributed by atoms with Crippen LogP contribution in [0.25, 0.3) is 16.8 Å². The number of rotatable bonds is 2. The van der Waals surface area contributed by atoms with E-state index in [1.807, 2.05) is 36.4 Å². The number of benzene rings is 3. The number of carbonyl (C=O) groups excluding carboxylic acids is 2. The van der Waals surface area contributed by atoms with Crippen molar-refractivity contribution in [3.63, 3.8) is 0 Å². The van der Waals surface area contributed by atoms with Crippen LogP contribution in [0.15, 0.2) is 72.4 Å². The van der Waals surface area contributed by atoms with E-state index in [0.717, 1.165) is 16.3 Å². The van der Waals surface area contributed by atoms with Crippen LogP contribution in [0.4, 0.5) is 0 Å². The molecule has 0 aliphatic heterocycles. The van der Waals surface area contributed by atoms with Gasteiger partial charge in [-0.15, -0.1) is 0 Å². The first kappa shape index (κ1) is 13.5. The van der Waals surface area contributed by atoms with Crippen molar-refractivity contribution < 1.29 is 9.59 Å².